The normalized spacial score (nSPS) is 18.1. The van der Waals surface area contributed by atoms with E-state index < -0.39 is 40.4 Å². The highest BCUT2D eigenvalue weighted by Gasteiger charge is 2.58. The number of fused-ring (bicyclic) bond motifs is 1. The van der Waals surface area contributed by atoms with Crippen LogP contribution in [-0.4, -0.2) is 54.9 Å². The van der Waals surface area contributed by atoms with Gasteiger partial charge in [-0.15, -0.1) is 0 Å². The van der Waals surface area contributed by atoms with Crippen LogP contribution in [0, 0.1) is 10.1 Å². The van der Waals surface area contributed by atoms with Gasteiger partial charge < -0.3 is 19.1 Å². The molecule has 13 heteroatoms. The first kappa shape index (κ1) is 26.3. The molecule has 1 saturated heterocycles. The van der Waals surface area contributed by atoms with Crippen LogP contribution in [0.4, 0.5) is 11.4 Å². The SMILES string of the molecule is COc1cc([C@@H]2[C@H](N3C(=O)c4cccc([N+](=O)[O-])c4C3=O)C(=O)N2c2ccc(Cl)c(Cl)c2)cc(OC)c1OC. The summed E-state index contributed by atoms with van der Waals surface area (Å²) in [7, 11) is 4.28. The molecule has 0 saturated carbocycles. The van der Waals surface area contributed by atoms with E-state index >= 15 is 0 Å². The number of imide groups is 1. The predicted octanol–water partition coefficient (Wildman–Crippen LogP) is 4.68. The van der Waals surface area contributed by atoms with Crippen molar-refractivity contribution in [3.8, 4) is 17.2 Å². The van der Waals surface area contributed by atoms with Crippen molar-refractivity contribution in [3.63, 3.8) is 0 Å². The number of nitro groups is 1. The van der Waals surface area contributed by atoms with Gasteiger partial charge in [-0.2, -0.15) is 0 Å². The van der Waals surface area contributed by atoms with E-state index in [2.05, 4.69) is 0 Å². The van der Waals surface area contributed by atoms with Crippen LogP contribution in [0.2, 0.25) is 10.0 Å². The number of benzene rings is 3. The van der Waals surface area contributed by atoms with Crippen LogP contribution in [0.3, 0.4) is 0 Å². The molecule has 1 fully saturated rings. The minimum atomic E-state index is -1.34. The molecule has 0 bridgehead atoms. The summed E-state index contributed by atoms with van der Waals surface area (Å²) in [4.78, 5) is 53.6. The van der Waals surface area contributed by atoms with Gasteiger partial charge in [0.2, 0.25) is 5.75 Å². The molecule has 11 nitrogen and oxygen atoms in total. The van der Waals surface area contributed by atoms with Gasteiger partial charge in [0.15, 0.2) is 11.5 Å². The van der Waals surface area contributed by atoms with Crippen LogP contribution < -0.4 is 19.1 Å². The molecule has 2 aliphatic rings. The molecular formula is C26H19Cl2N3O8. The number of amides is 3. The van der Waals surface area contributed by atoms with Gasteiger partial charge in [0, 0.05) is 11.8 Å². The van der Waals surface area contributed by atoms with Crippen molar-refractivity contribution in [3.05, 3.63) is 85.4 Å². The number of nitrogens with zero attached hydrogens (tertiary/aromatic N) is 3. The maximum absolute atomic E-state index is 13.7. The fraction of sp³-hybridized carbons (Fsp3) is 0.192. The summed E-state index contributed by atoms with van der Waals surface area (Å²) >= 11 is 12.3. The molecule has 0 N–H and O–H groups in total. The summed E-state index contributed by atoms with van der Waals surface area (Å²) in [5.41, 5.74) is -0.250. The second kappa shape index (κ2) is 9.75. The molecule has 0 aliphatic carbocycles. The summed E-state index contributed by atoms with van der Waals surface area (Å²) in [6, 6.07) is 9.24. The monoisotopic (exact) mass is 571 g/mol. The number of hydrogen-bond acceptors (Lipinski definition) is 8. The molecule has 2 aliphatic heterocycles. The Labute approximate surface area is 231 Å². The Hall–Kier alpha value is -4.35. The summed E-state index contributed by atoms with van der Waals surface area (Å²) in [6.45, 7) is 0. The van der Waals surface area contributed by atoms with Crippen LogP contribution in [-0.2, 0) is 4.79 Å². The van der Waals surface area contributed by atoms with Crippen molar-refractivity contribution in [2.75, 3.05) is 26.2 Å². The largest absolute Gasteiger partial charge is 0.493 e. The highest BCUT2D eigenvalue weighted by Crippen LogP contribution is 2.49. The maximum Gasteiger partial charge on any atom is 0.282 e. The fourth-order valence-corrected chi connectivity index (χ4v) is 5.23. The highest BCUT2D eigenvalue weighted by molar-refractivity contribution is 6.42. The first-order valence-corrected chi connectivity index (χ1v) is 12.1. The molecule has 3 aromatic carbocycles. The molecular weight excluding hydrogens is 553 g/mol. The number of methoxy groups -OCH3 is 3. The molecule has 39 heavy (non-hydrogen) atoms. The second-order valence-electron chi connectivity index (χ2n) is 8.59. The van der Waals surface area contributed by atoms with E-state index in [9.17, 15) is 24.5 Å². The number of halogens is 2. The lowest BCUT2D eigenvalue weighted by Gasteiger charge is -2.49. The number of carbonyl (C=O) groups excluding carboxylic acids is 3. The number of anilines is 1. The van der Waals surface area contributed by atoms with Gasteiger partial charge in [-0.1, -0.05) is 29.3 Å². The Balaban J connectivity index is 1.67. The number of β-lactam (4-membered cyclic amide) rings is 1. The van der Waals surface area contributed by atoms with Gasteiger partial charge in [-0.3, -0.25) is 29.4 Å². The van der Waals surface area contributed by atoms with Crippen molar-refractivity contribution < 1.29 is 33.5 Å². The number of ether oxygens (including phenoxy) is 3. The van der Waals surface area contributed by atoms with Crippen molar-refractivity contribution in [1.29, 1.82) is 0 Å². The molecule has 0 spiro atoms. The molecule has 2 atom stereocenters. The third-order valence-electron chi connectivity index (χ3n) is 6.68. The minimum Gasteiger partial charge on any atom is -0.493 e. The van der Waals surface area contributed by atoms with E-state index in [4.69, 9.17) is 37.4 Å². The molecule has 5 rings (SSSR count). The lowest BCUT2D eigenvalue weighted by molar-refractivity contribution is -0.385. The number of nitro benzene ring substituents is 1. The lowest BCUT2D eigenvalue weighted by atomic mass is 9.86. The van der Waals surface area contributed by atoms with E-state index in [0.717, 1.165) is 11.0 Å². The average molecular weight is 572 g/mol. The highest BCUT2D eigenvalue weighted by atomic mass is 35.5. The Morgan fingerprint density at radius 2 is 1.49 bits per heavy atom. The minimum absolute atomic E-state index is 0.154. The molecule has 3 amide bonds. The standard InChI is InChI=1S/C26H19Cl2N3O8/c1-37-18-9-12(10-19(38-2)23(18)39-3)21-22(26(34)29(21)13-7-8-15(27)16(28)11-13)30-24(32)14-5-4-6-17(31(35)36)20(14)25(30)33/h4-11,21-22H,1-3H3/t21-,22+/m1/s1. The average Bonchev–Trinajstić information content (AvgIpc) is 3.17. The fourth-order valence-electron chi connectivity index (χ4n) is 4.94. The van der Waals surface area contributed by atoms with Gasteiger partial charge in [0.1, 0.15) is 11.6 Å². The summed E-state index contributed by atoms with van der Waals surface area (Å²) in [5, 5.41) is 12.1. The first-order chi connectivity index (χ1) is 18.6. The van der Waals surface area contributed by atoms with Gasteiger partial charge in [-0.25, -0.2) is 0 Å². The topological polar surface area (TPSA) is 129 Å². The number of carbonyl (C=O) groups is 3. The van der Waals surface area contributed by atoms with Crippen LogP contribution in [0.1, 0.15) is 32.3 Å². The van der Waals surface area contributed by atoms with Crippen molar-refractivity contribution in [2.24, 2.45) is 0 Å². The van der Waals surface area contributed by atoms with E-state index in [1.54, 1.807) is 18.2 Å². The van der Waals surface area contributed by atoms with Crippen LogP contribution in [0.15, 0.2) is 48.5 Å². The number of rotatable bonds is 7. The second-order valence-corrected chi connectivity index (χ2v) is 9.41. The third kappa shape index (κ3) is 3.93. The zero-order valence-corrected chi connectivity index (χ0v) is 22.1. The van der Waals surface area contributed by atoms with Crippen molar-refractivity contribution in [1.82, 2.24) is 4.90 Å². The van der Waals surface area contributed by atoms with Crippen LogP contribution in [0.25, 0.3) is 0 Å². The molecule has 0 unspecified atom stereocenters. The summed E-state index contributed by atoms with van der Waals surface area (Å²) < 4.78 is 16.3. The molecule has 0 radical (unpaired) electrons. The Morgan fingerprint density at radius 3 is 2.05 bits per heavy atom. The number of hydrogen-bond donors (Lipinski definition) is 0. The van der Waals surface area contributed by atoms with Crippen LogP contribution in [0.5, 0.6) is 17.2 Å². The van der Waals surface area contributed by atoms with Crippen LogP contribution >= 0.6 is 23.2 Å². The van der Waals surface area contributed by atoms with Gasteiger partial charge >= 0.3 is 0 Å². The van der Waals surface area contributed by atoms with E-state index in [0.29, 0.717) is 17.0 Å². The summed E-state index contributed by atoms with van der Waals surface area (Å²) in [6.07, 6.45) is 0. The zero-order chi connectivity index (χ0) is 28.2. The van der Waals surface area contributed by atoms with E-state index in [1.807, 2.05) is 0 Å². The molecule has 200 valence electrons. The Bertz CT molecular complexity index is 1550. The molecule has 2 heterocycles. The third-order valence-corrected chi connectivity index (χ3v) is 7.42. The van der Waals surface area contributed by atoms with Crippen molar-refractivity contribution >= 4 is 52.3 Å². The van der Waals surface area contributed by atoms with E-state index in [-0.39, 0.29) is 32.7 Å². The van der Waals surface area contributed by atoms with E-state index in [1.165, 1.54) is 50.5 Å². The molecule has 0 aromatic heterocycles. The first-order valence-electron chi connectivity index (χ1n) is 11.4. The lowest BCUT2D eigenvalue weighted by Crippen LogP contribution is -2.67. The smallest absolute Gasteiger partial charge is 0.282 e. The van der Waals surface area contributed by atoms with Gasteiger partial charge in [0.25, 0.3) is 23.4 Å². The summed E-state index contributed by atoms with van der Waals surface area (Å²) in [5.74, 6) is -1.52. The maximum atomic E-state index is 13.7. The molecule has 3 aromatic rings. The Kier molecular flexibility index (Phi) is 6.57. The van der Waals surface area contributed by atoms with Gasteiger partial charge in [-0.05, 0) is 42.0 Å². The quantitative estimate of drug-likeness (QED) is 0.173. The van der Waals surface area contributed by atoms with Gasteiger partial charge in [0.05, 0.1) is 47.9 Å². The zero-order valence-electron chi connectivity index (χ0n) is 20.6. The Morgan fingerprint density at radius 1 is 0.821 bits per heavy atom. The van der Waals surface area contributed by atoms with Crippen molar-refractivity contribution in [2.45, 2.75) is 12.1 Å². The predicted molar refractivity (Wildman–Crippen MR) is 140 cm³/mol.